The Hall–Kier alpha value is -2.24. The third-order valence-corrected chi connectivity index (χ3v) is 6.92. The van der Waals surface area contributed by atoms with Crippen molar-refractivity contribution >= 4 is 11.0 Å². The number of benzene rings is 1. The van der Waals surface area contributed by atoms with Gasteiger partial charge in [-0.05, 0) is 89.0 Å². The van der Waals surface area contributed by atoms with Crippen LogP contribution in [0.4, 0.5) is 0 Å². The molecular weight excluding hydrogens is 370 g/mol. The zero-order valence-corrected chi connectivity index (χ0v) is 18.3. The summed E-state index contributed by atoms with van der Waals surface area (Å²) in [4.78, 5) is 14.9. The van der Waals surface area contributed by atoms with Gasteiger partial charge in [0.25, 0.3) is 0 Å². The van der Waals surface area contributed by atoms with Gasteiger partial charge in [-0.2, -0.15) is 0 Å². The SMILES string of the molecule is CN(C)CCCn1c(CN2CCC[C@@H]3CCc4cccnc4[C@@H]32)nc2ccccc21. The fourth-order valence-corrected chi connectivity index (χ4v) is 5.52. The summed E-state index contributed by atoms with van der Waals surface area (Å²) < 4.78 is 2.46. The molecule has 1 saturated heterocycles. The highest BCUT2D eigenvalue weighted by Gasteiger charge is 2.38. The molecule has 30 heavy (non-hydrogen) atoms. The number of hydrogen-bond donors (Lipinski definition) is 0. The first-order chi connectivity index (χ1) is 14.7. The van der Waals surface area contributed by atoms with E-state index in [-0.39, 0.29) is 0 Å². The number of nitrogens with zero attached hydrogens (tertiary/aromatic N) is 5. The lowest BCUT2D eigenvalue weighted by molar-refractivity contribution is 0.0664. The molecule has 158 valence electrons. The molecule has 1 aliphatic heterocycles. The Labute approximate surface area is 179 Å². The van der Waals surface area contributed by atoms with E-state index < -0.39 is 0 Å². The molecule has 0 N–H and O–H groups in total. The van der Waals surface area contributed by atoms with Crippen molar-refractivity contribution in [1.29, 1.82) is 0 Å². The molecule has 3 aromatic rings. The van der Waals surface area contributed by atoms with Crippen LogP contribution in [0.5, 0.6) is 0 Å². The van der Waals surface area contributed by atoms with Crippen LogP contribution in [-0.2, 0) is 19.5 Å². The summed E-state index contributed by atoms with van der Waals surface area (Å²) in [6.45, 7) is 4.16. The number of imidazole rings is 1. The smallest absolute Gasteiger partial charge is 0.124 e. The third kappa shape index (κ3) is 3.77. The normalized spacial score (nSPS) is 21.7. The molecule has 0 radical (unpaired) electrons. The minimum Gasteiger partial charge on any atom is -0.327 e. The molecule has 1 fully saturated rings. The van der Waals surface area contributed by atoms with Crippen molar-refractivity contribution in [2.24, 2.45) is 5.92 Å². The molecule has 5 heteroatoms. The van der Waals surface area contributed by atoms with Crippen LogP contribution in [0, 0.1) is 5.92 Å². The Bertz CT molecular complexity index is 1010. The lowest BCUT2D eigenvalue weighted by Crippen LogP contribution is -2.41. The Balaban J connectivity index is 1.46. The van der Waals surface area contributed by atoms with E-state index in [1.54, 1.807) is 0 Å². The van der Waals surface area contributed by atoms with E-state index >= 15 is 0 Å². The summed E-state index contributed by atoms with van der Waals surface area (Å²) >= 11 is 0. The maximum atomic E-state index is 5.09. The molecule has 1 aromatic carbocycles. The number of likely N-dealkylation sites (tertiary alicyclic amines) is 1. The summed E-state index contributed by atoms with van der Waals surface area (Å²) in [5.74, 6) is 1.94. The highest BCUT2D eigenvalue weighted by atomic mass is 15.2. The summed E-state index contributed by atoms with van der Waals surface area (Å²) in [5, 5.41) is 0. The second-order valence-corrected chi connectivity index (χ2v) is 9.23. The molecule has 3 heterocycles. The summed E-state index contributed by atoms with van der Waals surface area (Å²) in [5.41, 5.74) is 5.16. The van der Waals surface area contributed by atoms with E-state index in [1.165, 1.54) is 48.3 Å². The topological polar surface area (TPSA) is 37.2 Å². The van der Waals surface area contributed by atoms with Gasteiger partial charge in [0.2, 0.25) is 0 Å². The molecule has 5 nitrogen and oxygen atoms in total. The molecule has 1 aliphatic carbocycles. The minimum absolute atomic E-state index is 0.443. The summed E-state index contributed by atoms with van der Waals surface area (Å²) in [6.07, 6.45) is 8.20. The van der Waals surface area contributed by atoms with E-state index in [0.29, 0.717) is 6.04 Å². The lowest BCUT2D eigenvalue weighted by Gasteiger charge is -2.44. The molecule has 5 rings (SSSR count). The quantitative estimate of drug-likeness (QED) is 0.616. The first-order valence-corrected chi connectivity index (χ1v) is 11.5. The van der Waals surface area contributed by atoms with Crippen LogP contribution in [0.15, 0.2) is 42.6 Å². The van der Waals surface area contributed by atoms with E-state index in [4.69, 9.17) is 9.97 Å². The average Bonchev–Trinajstić information content (AvgIpc) is 3.10. The number of pyridine rings is 1. The predicted octanol–water partition coefficient (Wildman–Crippen LogP) is 4.28. The van der Waals surface area contributed by atoms with Gasteiger partial charge in [0.05, 0.1) is 29.3 Å². The van der Waals surface area contributed by atoms with Gasteiger partial charge in [0.15, 0.2) is 0 Å². The molecule has 0 bridgehead atoms. The monoisotopic (exact) mass is 403 g/mol. The number of aromatic nitrogens is 3. The van der Waals surface area contributed by atoms with Crippen molar-refractivity contribution < 1.29 is 0 Å². The summed E-state index contributed by atoms with van der Waals surface area (Å²) in [6, 6.07) is 13.4. The number of hydrogen-bond acceptors (Lipinski definition) is 4. The number of para-hydroxylation sites is 2. The average molecular weight is 404 g/mol. The van der Waals surface area contributed by atoms with Gasteiger partial charge >= 0.3 is 0 Å². The summed E-state index contributed by atoms with van der Waals surface area (Å²) in [7, 11) is 4.29. The van der Waals surface area contributed by atoms with Crippen LogP contribution in [0.2, 0.25) is 0 Å². The molecular formula is C25H33N5. The largest absolute Gasteiger partial charge is 0.327 e. The molecule has 2 atom stereocenters. The van der Waals surface area contributed by atoms with E-state index in [9.17, 15) is 0 Å². The van der Waals surface area contributed by atoms with Gasteiger partial charge in [-0.3, -0.25) is 9.88 Å². The standard InChI is InChI=1S/C25H33N5/c1-28(2)15-7-17-30-22-11-4-3-10-21(22)27-23(30)18-29-16-6-9-20-13-12-19-8-5-14-26-24(19)25(20)29/h3-5,8,10-11,14,20,25H,6-7,9,12-13,15-18H2,1-2H3/t20-,25-/m1/s1. The van der Waals surface area contributed by atoms with Crippen LogP contribution in [-0.4, -0.2) is 51.5 Å². The number of rotatable bonds is 6. The third-order valence-electron chi connectivity index (χ3n) is 6.92. The molecule has 0 amide bonds. The van der Waals surface area contributed by atoms with Crippen molar-refractivity contribution in [3.63, 3.8) is 0 Å². The Kier molecular flexibility index (Phi) is 5.57. The molecule has 2 aromatic heterocycles. The maximum absolute atomic E-state index is 5.09. The van der Waals surface area contributed by atoms with Crippen molar-refractivity contribution in [3.8, 4) is 0 Å². The maximum Gasteiger partial charge on any atom is 0.124 e. The lowest BCUT2D eigenvalue weighted by atomic mass is 9.77. The van der Waals surface area contributed by atoms with Gasteiger partial charge in [-0.15, -0.1) is 0 Å². The van der Waals surface area contributed by atoms with Gasteiger partial charge in [-0.1, -0.05) is 18.2 Å². The van der Waals surface area contributed by atoms with E-state index in [2.05, 4.69) is 64.9 Å². The molecule has 0 unspecified atom stereocenters. The van der Waals surface area contributed by atoms with Gasteiger partial charge < -0.3 is 9.47 Å². The fraction of sp³-hybridized carbons (Fsp3) is 0.520. The van der Waals surface area contributed by atoms with Crippen molar-refractivity contribution in [2.45, 2.75) is 51.2 Å². The second-order valence-electron chi connectivity index (χ2n) is 9.23. The van der Waals surface area contributed by atoms with Crippen molar-refractivity contribution in [2.75, 3.05) is 27.2 Å². The Morgan fingerprint density at radius 2 is 2.00 bits per heavy atom. The van der Waals surface area contributed by atoms with Crippen LogP contribution in [0.1, 0.15) is 48.8 Å². The fourth-order valence-electron chi connectivity index (χ4n) is 5.52. The van der Waals surface area contributed by atoms with Gasteiger partial charge in [0.1, 0.15) is 5.82 Å². The number of fused-ring (bicyclic) bond motifs is 4. The van der Waals surface area contributed by atoms with Gasteiger partial charge in [-0.25, -0.2) is 4.98 Å². The van der Waals surface area contributed by atoms with E-state index in [1.807, 2.05) is 6.20 Å². The van der Waals surface area contributed by atoms with E-state index in [0.717, 1.165) is 44.0 Å². The predicted molar refractivity (Wildman–Crippen MR) is 121 cm³/mol. The Morgan fingerprint density at radius 3 is 2.90 bits per heavy atom. The number of piperidine rings is 1. The van der Waals surface area contributed by atoms with Crippen LogP contribution in [0.25, 0.3) is 11.0 Å². The highest BCUT2D eigenvalue weighted by Crippen LogP contribution is 2.43. The van der Waals surface area contributed by atoms with Crippen molar-refractivity contribution in [3.05, 3.63) is 59.7 Å². The van der Waals surface area contributed by atoms with Gasteiger partial charge in [0, 0.05) is 12.7 Å². The highest BCUT2D eigenvalue weighted by molar-refractivity contribution is 5.75. The first-order valence-electron chi connectivity index (χ1n) is 11.5. The first kappa shape index (κ1) is 19.7. The Morgan fingerprint density at radius 1 is 1.10 bits per heavy atom. The van der Waals surface area contributed by atoms with Crippen LogP contribution >= 0.6 is 0 Å². The van der Waals surface area contributed by atoms with Crippen LogP contribution in [0.3, 0.4) is 0 Å². The minimum atomic E-state index is 0.443. The molecule has 2 aliphatic rings. The molecule has 0 saturated carbocycles. The zero-order valence-electron chi connectivity index (χ0n) is 18.3. The zero-order chi connectivity index (χ0) is 20.5. The van der Waals surface area contributed by atoms with Crippen molar-refractivity contribution in [1.82, 2.24) is 24.3 Å². The number of aryl methyl sites for hydroxylation is 2. The second kappa shape index (κ2) is 8.48. The molecule has 0 spiro atoms. The van der Waals surface area contributed by atoms with Crippen LogP contribution < -0.4 is 0 Å².